The van der Waals surface area contributed by atoms with Crippen molar-refractivity contribution in [1.82, 2.24) is 4.90 Å². The molecule has 0 saturated carbocycles. The Kier molecular flexibility index (Phi) is 5.17. The summed E-state index contributed by atoms with van der Waals surface area (Å²) < 4.78 is 0. The summed E-state index contributed by atoms with van der Waals surface area (Å²) in [6.45, 7) is 9.15. The van der Waals surface area contributed by atoms with Gasteiger partial charge in [0, 0.05) is 24.6 Å². The summed E-state index contributed by atoms with van der Waals surface area (Å²) in [6, 6.07) is 8.07. The monoisotopic (exact) mass is 289 g/mol. The zero-order chi connectivity index (χ0) is 15.5. The topological polar surface area (TPSA) is 40.5 Å². The number of nitrogens with zero attached hydrogens (tertiary/aromatic N) is 1. The minimum atomic E-state index is 0.0748. The van der Waals surface area contributed by atoms with E-state index in [2.05, 4.69) is 37.8 Å². The minimum absolute atomic E-state index is 0.0748. The van der Waals surface area contributed by atoms with Crippen LogP contribution in [-0.2, 0) is 5.41 Å². The van der Waals surface area contributed by atoms with Crippen LogP contribution in [0.1, 0.15) is 49.5 Å². The standard InChI is InChI=1S/C18H27NO2/c1-18(2,3)16-8-6-14(7-9-16)17(21)15-5-4-10-19(13-15)11-12-20/h6-9,15,20H,4-5,10-13H2,1-3H3. The van der Waals surface area contributed by atoms with Crippen LogP contribution in [0.25, 0.3) is 0 Å². The van der Waals surface area contributed by atoms with Crippen LogP contribution in [0.2, 0.25) is 0 Å². The zero-order valence-electron chi connectivity index (χ0n) is 13.4. The molecule has 1 aliphatic heterocycles. The minimum Gasteiger partial charge on any atom is -0.395 e. The number of likely N-dealkylation sites (tertiary alicyclic amines) is 1. The molecule has 1 heterocycles. The summed E-state index contributed by atoms with van der Waals surface area (Å²) in [7, 11) is 0. The number of ketones is 1. The number of Topliss-reactive ketones (excluding diaryl/α,β-unsaturated/α-hetero) is 1. The van der Waals surface area contributed by atoms with Crippen molar-refractivity contribution in [2.75, 3.05) is 26.2 Å². The molecule has 0 aromatic heterocycles. The molecule has 1 saturated heterocycles. The molecule has 2 rings (SSSR count). The Hall–Kier alpha value is -1.19. The number of benzene rings is 1. The maximum absolute atomic E-state index is 12.6. The predicted molar refractivity (Wildman–Crippen MR) is 85.7 cm³/mol. The Morgan fingerprint density at radius 1 is 1.29 bits per heavy atom. The fraction of sp³-hybridized carbons (Fsp3) is 0.611. The number of carbonyl (C=O) groups excluding carboxylic acids is 1. The molecule has 1 aromatic carbocycles. The Morgan fingerprint density at radius 2 is 1.95 bits per heavy atom. The van der Waals surface area contributed by atoms with E-state index in [1.165, 1.54) is 5.56 Å². The van der Waals surface area contributed by atoms with Crippen LogP contribution in [0.3, 0.4) is 0 Å². The number of carbonyl (C=O) groups is 1. The molecule has 1 fully saturated rings. The second-order valence-electron chi connectivity index (χ2n) is 7.05. The number of aliphatic hydroxyl groups excluding tert-OH is 1. The molecule has 1 aromatic rings. The van der Waals surface area contributed by atoms with E-state index in [0.717, 1.165) is 31.5 Å². The highest BCUT2D eigenvalue weighted by atomic mass is 16.3. The fourth-order valence-corrected chi connectivity index (χ4v) is 2.98. The van der Waals surface area contributed by atoms with Crippen LogP contribution in [0.5, 0.6) is 0 Å². The Balaban J connectivity index is 2.05. The van der Waals surface area contributed by atoms with Crippen molar-refractivity contribution in [2.24, 2.45) is 5.92 Å². The van der Waals surface area contributed by atoms with Gasteiger partial charge in [0.2, 0.25) is 0 Å². The van der Waals surface area contributed by atoms with Crippen molar-refractivity contribution < 1.29 is 9.90 Å². The van der Waals surface area contributed by atoms with Gasteiger partial charge in [-0.15, -0.1) is 0 Å². The molecule has 1 N–H and O–H groups in total. The third kappa shape index (κ3) is 4.14. The van der Waals surface area contributed by atoms with E-state index < -0.39 is 0 Å². The zero-order valence-corrected chi connectivity index (χ0v) is 13.4. The van der Waals surface area contributed by atoms with Crippen molar-refractivity contribution in [1.29, 1.82) is 0 Å². The highest BCUT2D eigenvalue weighted by Crippen LogP contribution is 2.25. The number of β-amino-alcohol motifs (C(OH)–C–C–N with tert-alkyl or cyclic N) is 1. The molecule has 3 heteroatoms. The van der Waals surface area contributed by atoms with Crippen molar-refractivity contribution in [2.45, 2.75) is 39.0 Å². The summed E-state index contributed by atoms with van der Waals surface area (Å²) in [5.74, 6) is 0.323. The number of hydrogen-bond acceptors (Lipinski definition) is 3. The molecule has 116 valence electrons. The van der Waals surface area contributed by atoms with E-state index in [9.17, 15) is 4.79 Å². The smallest absolute Gasteiger partial charge is 0.167 e. The molecule has 0 radical (unpaired) electrons. The van der Waals surface area contributed by atoms with Crippen molar-refractivity contribution in [3.05, 3.63) is 35.4 Å². The third-order valence-corrected chi connectivity index (χ3v) is 4.33. The molecule has 1 atom stereocenters. The number of aliphatic hydroxyl groups is 1. The van der Waals surface area contributed by atoms with E-state index in [1.807, 2.05) is 12.1 Å². The molecule has 1 unspecified atom stereocenters. The largest absolute Gasteiger partial charge is 0.395 e. The highest BCUT2D eigenvalue weighted by molar-refractivity contribution is 5.98. The first-order valence-corrected chi connectivity index (χ1v) is 7.90. The molecular formula is C18H27NO2. The number of hydrogen-bond donors (Lipinski definition) is 1. The summed E-state index contributed by atoms with van der Waals surface area (Å²) >= 11 is 0. The van der Waals surface area contributed by atoms with E-state index in [4.69, 9.17) is 5.11 Å². The lowest BCUT2D eigenvalue weighted by Crippen LogP contribution is -2.40. The Bertz CT molecular complexity index is 471. The summed E-state index contributed by atoms with van der Waals surface area (Å²) in [5, 5.41) is 9.04. The summed E-state index contributed by atoms with van der Waals surface area (Å²) in [6.07, 6.45) is 2.00. The second kappa shape index (κ2) is 6.71. The highest BCUT2D eigenvalue weighted by Gasteiger charge is 2.26. The van der Waals surface area contributed by atoms with E-state index >= 15 is 0 Å². The maximum atomic E-state index is 12.6. The van der Waals surface area contributed by atoms with Gasteiger partial charge >= 0.3 is 0 Å². The van der Waals surface area contributed by atoms with Crippen molar-refractivity contribution >= 4 is 5.78 Å². The van der Waals surface area contributed by atoms with Gasteiger partial charge in [-0.2, -0.15) is 0 Å². The number of rotatable bonds is 4. The second-order valence-corrected chi connectivity index (χ2v) is 7.05. The number of piperidine rings is 1. The van der Waals surface area contributed by atoms with Crippen LogP contribution in [0.15, 0.2) is 24.3 Å². The van der Waals surface area contributed by atoms with Crippen LogP contribution >= 0.6 is 0 Å². The van der Waals surface area contributed by atoms with Gasteiger partial charge in [-0.1, -0.05) is 45.0 Å². The lowest BCUT2D eigenvalue weighted by Gasteiger charge is -2.31. The SMILES string of the molecule is CC(C)(C)c1ccc(C(=O)C2CCCN(CCO)C2)cc1. The fourth-order valence-electron chi connectivity index (χ4n) is 2.98. The normalized spacial score (nSPS) is 20.5. The van der Waals surface area contributed by atoms with Crippen LogP contribution < -0.4 is 0 Å². The van der Waals surface area contributed by atoms with Gasteiger partial charge in [-0.3, -0.25) is 4.79 Å². The molecule has 0 bridgehead atoms. The Labute approximate surface area is 128 Å². The van der Waals surface area contributed by atoms with Gasteiger partial charge in [-0.25, -0.2) is 0 Å². The molecule has 3 nitrogen and oxygen atoms in total. The average Bonchev–Trinajstić information content (AvgIpc) is 2.46. The molecule has 21 heavy (non-hydrogen) atoms. The van der Waals surface area contributed by atoms with Crippen LogP contribution in [-0.4, -0.2) is 42.0 Å². The van der Waals surface area contributed by atoms with Gasteiger partial charge in [0.05, 0.1) is 6.61 Å². The summed E-state index contributed by atoms with van der Waals surface area (Å²) in [4.78, 5) is 14.8. The first-order valence-electron chi connectivity index (χ1n) is 7.90. The average molecular weight is 289 g/mol. The maximum Gasteiger partial charge on any atom is 0.167 e. The molecule has 1 aliphatic rings. The van der Waals surface area contributed by atoms with E-state index in [1.54, 1.807) is 0 Å². The first kappa shape index (κ1) is 16.2. The third-order valence-electron chi connectivity index (χ3n) is 4.33. The quantitative estimate of drug-likeness (QED) is 0.867. The van der Waals surface area contributed by atoms with Gasteiger partial charge in [0.15, 0.2) is 5.78 Å². The van der Waals surface area contributed by atoms with Gasteiger partial charge in [-0.05, 0) is 30.4 Å². The van der Waals surface area contributed by atoms with Gasteiger partial charge in [0.25, 0.3) is 0 Å². The van der Waals surface area contributed by atoms with E-state index in [0.29, 0.717) is 6.54 Å². The lowest BCUT2D eigenvalue weighted by atomic mass is 9.85. The van der Waals surface area contributed by atoms with E-state index in [-0.39, 0.29) is 23.7 Å². The summed E-state index contributed by atoms with van der Waals surface area (Å²) in [5.41, 5.74) is 2.19. The molecule has 0 amide bonds. The first-order chi connectivity index (χ1) is 9.91. The molecular weight excluding hydrogens is 262 g/mol. The Morgan fingerprint density at radius 3 is 2.52 bits per heavy atom. The van der Waals surface area contributed by atoms with Gasteiger partial charge < -0.3 is 10.0 Å². The van der Waals surface area contributed by atoms with Crippen molar-refractivity contribution in [3.63, 3.8) is 0 Å². The molecule has 0 aliphatic carbocycles. The van der Waals surface area contributed by atoms with Crippen LogP contribution in [0.4, 0.5) is 0 Å². The lowest BCUT2D eigenvalue weighted by molar-refractivity contribution is 0.0794. The van der Waals surface area contributed by atoms with Crippen molar-refractivity contribution in [3.8, 4) is 0 Å². The molecule has 0 spiro atoms. The van der Waals surface area contributed by atoms with Crippen LogP contribution in [0, 0.1) is 5.92 Å². The predicted octanol–water partition coefficient (Wildman–Crippen LogP) is 2.87. The van der Waals surface area contributed by atoms with Gasteiger partial charge in [0.1, 0.15) is 0 Å².